The fourth-order valence-electron chi connectivity index (χ4n) is 2.72. The Kier molecular flexibility index (Phi) is 6.70. The zero-order valence-electron chi connectivity index (χ0n) is 15.4. The van der Waals surface area contributed by atoms with Crippen LogP contribution in [0.3, 0.4) is 0 Å². The van der Waals surface area contributed by atoms with E-state index in [2.05, 4.69) is 6.92 Å². The van der Waals surface area contributed by atoms with Gasteiger partial charge in [-0.25, -0.2) is 0 Å². The second-order valence-electron chi connectivity index (χ2n) is 5.43. The quantitative estimate of drug-likeness (QED) is 0.701. The van der Waals surface area contributed by atoms with E-state index in [4.69, 9.17) is 14.2 Å². The minimum absolute atomic E-state index is 0.0695. The zero-order chi connectivity index (χ0) is 18.4. The molecule has 0 aliphatic rings. The Morgan fingerprint density at radius 3 is 2.28 bits per heavy atom. The first kappa shape index (κ1) is 19.1. The van der Waals surface area contributed by atoms with E-state index in [1.165, 1.54) is 11.3 Å². The van der Waals surface area contributed by atoms with Crippen LogP contribution < -0.4 is 14.2 Å². The molecule has 0 spiro atoms. The SMILES string of the molecule is CCCN(CC)C(=O)c1ccc(-c2ccc(OC)c(OC)c2OC)s1. The summed E-state index contributed by atoms with van der Waals surface area (Å²) in [7, 11) is 4.77. The Labute approximate surface area is 153 Å². The van der Waals surface area contributed by atoms with E-state index >= 15 is 0 Å². The van der Waals surface area contributed by atoms with Gasteiger partial charge in [-0.05, 0) is 37.6 Å². The topological polar surface area (TPSA) is 48.0 Å². The van der Waals surface area contributed by atoms with Gasteiger partial charge >= 0.3 is 0 Å². The molecule has 0 unspecified atom stereocenters. The van der Waals surface area contributed by atoms with Crippen LogP contribution in [0, 0.1) is 0 Å². The Morgan fingerprint density at radius 2 is 1.72 bits per heavy atom. The monoisotopic (exact) mass is 363 g/mol. The average molecular weight is 363 g/mol. The van der Waals surface area contributed by atoms with Crippen LogP contribution in [0.2, 0.25) is 0 Å². The summed E-state index contributed by atoms with van der Waals surface area (Å²) in [6.07, 6.45) is 0.946. The number of ether oxygens (including phenoxy) is 3. The molecule has 136 valence electrons. The van der Waals surface area contributed by atoms with Crippen LogP contribution in [-0.2, 0) is 0 Å². The van der Waals surface area contributed by atoms with Gasteiger partial charge in [0.2, 0.25) is 5.75 Å². The largest absolute Gasteiger partial charge is 0.493 e. The smallest absolute Gasteiger partial charge is 0.263 e. The maximum Gasteiger partial charge on any atom is 0.263 e. The molecule has 25 heavy (non-hydrogen) atoms. The second kappa shape index (κ2) is 8.76. The number of thiophene rings is 1. The number of nitrogens with zero attached hydrogens (tertiary/aromatic N) is 1. The lowest BCUT2D eigenvalue weighted by Crippen LogP contribution is -2.30. The molecule has 0 atom stereocenters. The number of benzene rings is 1. The first-order chi connectivity index (χ1) is 12.1. The summed E-state index contributed by atoms with van der Waals surface area (Å²) < 4.78 is 16.3. The molecule has 6 heteroatoms. The standard InChI is InChI=1S/C19H25NO4S/c1-6-12-20(7-2)19(21)16-11-10-15(25-16)13-8-9-14(22-3)18(24-5)17(13)23-4/h8-11H,6-7,12H2,1-5H3. The number of hydrogen-bond acceptors (Lipinski definition) is 5. The van der Waals surface area contributed by atoms with Crippen molar-refractivity contribution in [2.45, 2.75) is 20.3 Å². The predicted octanol–water partition coefficient (Wildman–Crippen LogP) is 4.31. The van der Waals surface area contributed by atoms with Gasteiger partial charge in [0.1, 0.15) is 0 Å². The first-order valence-corrected chi connectivity index (χ1v) is 9.11. The number of hydrogen-bond donors (Lipinski definition) is 0. The Balaban J connectivity index is 2.41. The van der Waals surface area contributed by atoms with Crippen molar-refractivity contribution in [3.8, 4) is 27.7 Å². The van der Waals surface area contributed by atoms with Crippen LogP contribution in [0.1, 0.15) is 29.9 Å². The normalized spacial score (nSPS) is 10.4. The Morgan fingerprint density at radius 1 is 1.00 bits per heavy atom. The minimum atomic E-state index is 0.0695. The highest BCUT2D eigenvalue weighted by atomic mass is 32.1. The molecule has 1 aromatic carbocycles. The van der Waals surface area contributed by atoms with E-state index in [1.54, 1.807) is 21.3 Å². The van der Waals surface area contributed by atoms with Gasteiger partial charge in [-0.2, -0.15) is 0 Å². The summed E-state index contributed by atoms with van der Waals surface area (Å²) in [5.41, 5.74) is 0.878. The van der Waals surface area contributed by atoms with Crippen molar-refractivity contribution in [2.24, 2.45) is 0 Å². The molecule has 1 aromatic heterocycles. The molecule has 0 fully saturated rings. The molecule has 2 aromatic rings. The third-order valence-corrected chi connectivity index (χ3v) is 5.06. The van der Waals surface area contributed by atoms with Crippen LogP contribution in [0.25, 0.3) is 10.4 Å². The van der Waals surface area contributed by atoms with Gasteiger partial charge in [0.05, 0.1) is 26.2 Å². The summed E-state index contributed by atoms with van der Waals surface area (Å²) in [4.78, 5) is 16.2. The van der Waals surface area contributed by atoms with Crippen LogP contribution >= 0.6 is 11.3 Å². The molecule has 1 amide bonds. The molecule has 0 radical (unpaired) electrons. The van der Waals surface area contributed by atoms with Crippen molar-refractivity contribution in [1.29, 1.82) is 0 Å². The molecule has 0 saturated heterocycles. The van der Waals surface area contributed by atoms with Gasteiger partial charge in [-0.3, -0.25) is 4.79 Å². The summed E-state index contributed by atoms with van der Waals surface area (Å²) in [5, 5.41) is 0. The van der Waals surface area contributed by atoms with Gasteiger partial charge in [0.25, 0.3) is 5.91 Å². The van der Waals surface area contributed by atoms with Crippen LogP contribution in [0.4, 0.5) is 0 Å². The van der Waals surface area contributed by atoms with Gasteiger partial charge in [-0.1, -0.05) is 6.92 Å². The van der Waals surface area contributed by atoms with Gasteiger partial charge in [-0.15, -0.1) is 11.3 Å². The van der Waals surface area contributed by atoms with Crippen molar-refractivity contribution in [3.05, 3.63) is 29.1 Å². The lowest BCUT2D eigenvalue weighted by Gasteiger charge is -2.19. The molecule has 0 aliphatic carbocycles. The van der Waals surface area contributed by atoms with E-state index in [9.17, 15) is 4.79 Å². The summed E-state index contributed by atoms with van der Waals surface area (Å²) >= 11 is 1.46. The molecule has 0 aliphatic heterocycles. The van der Waals surface area contributed by atoms with Crippen molar-refractivity contribution < 1.29 is 19.0 Å². The molecular formula is C19H25NO4S. The second-order valence-corrected chi connectivity index (χ2v) is 6.51. The highest BCUT2D eigenvalue weighted by Gasteiger charge is 2.20. The molecule has 0 saturated carbocycles. The van der Waals surface area contributed by atoms with Crippen molar-refractivity contribution in [2.75, 3.05) is 34.4 Å². The first-order valence-electron chi connectivity index (χ1n) is 8.29. The lowest BCUT2D eigenvalue weighted by atomic mass is 10.1. The third kappa shape index (κ3) is 3.90. The van der Waals surface area contributed by atoms with E-state index in [0.29, 0.717) is 23.8 Å². The lowest BCUT2D eigenvalue weighted by molar-refractivity contribution is 0.0769. The van der Waals surface area contributed by atoms with E-state index in [-0.39, 0.29) is 5.91 Å². The van der Waals surface area contributed by atoms with Crippen LogP contribution in [0.5, 0.6) is 17.2 Å². The minimum Gasteiger partial charge on any atom is -0.493 e. The van der Waals surface area contributed by atoms with Crippen LogP contribution in [0.15, 0.2) is 24.3 Å². The van der Waals surface area contributed by atoms with Gasteiger partial charge < -0.3 is 19.1 Å². The van der Waals surface area contributed by atoms with E-state index in [1.807, 2.05) is 36.1 Å². The van der Waals surface area contributed by atoms with Crippen molar-refractivity contribution in [1.82, 2.24) is 4.90 Å². The van der Waals surface area contributed by atoms with E-state index in [0.717, 1.165) is 28.3 Å². The predicted molar refractivity (Wildman–Crippen MR) is 101 cm³/mol. The van der Waals surface area contributed by atoms with Gasteiger partial charge in [0, 0.05) is 23.5 Å². The summed E-state index contributed by atoms with van der Waals surface area (Å²) in [6, 6.07) is 7.58. The fraction of sp³-hybridized carbons (Fsp3) is 0.421. The molecule has 0 bridgehead atoms. The Bertz CT molecular complexity index is 726. The number of amides is 1. The maximum atomic E-state index is 12.6. The maximum absolute atomic E-state index is 12.6. The van der Waals surface area contributed by atoms with Gasteiger partial charge in [0.15, 0.2) is 11.5 Å². The number of methoxy groups -OCH3 is 3. The fourth-order valence-corrected chi connectivity index (χ4v) is 3.72. The molecule has 0 N–H and O–H groups in total. The van der Waals surface area contributed by atoms with Crippen molar-refractivity contribution >= 4 is 17.2 Å². The summed E-state index contributed by atoms with van der Waals surface area (Å²) in [5.74, 6) is 1.82. The third-order valence-electron chi connectivity index (χ3n) is 3.95. The molecule has 2 rings (SSSR count). The highest BCUT2D eigenvalue weighted by molar-refractivity contribution is 7.17. The molecule has 5 nitrogen and oxygen atoms in total. The number of carbonyl (C=O) groups excluding carboxylic acids is 1. The van der Waals surface area contributed by atoms with Crippen LogP contribution in [-0.4, -0.2) is 45.2 Å². The highest BCUT2D eigenvalue weighted by Crippen LogP contribution is 2.45. The molecule has 1 heterocycles. The number of rotatable bonds is 8. The molecular weight excluding hydrogens is 338 g/mol. The van der Waals surface area contributed by atoms with E-state index < -0.39 is 0 Å². The average Bonchev–Trinajstić information content (AvgIpc) is 3.13. The zero-order valence-corrected chi connectivity index (χ0v) is 16.2. The Hall–Kier alpha value is -2.21. The summed E-state index contributed by atoms with van der Waals surface area (Å²) in [6.45, 7) is 5.55. The van der Waals surface area contributed by atoms with Crippen molar-refractivity contribution in [3.63, 3.8) is 0 Å². The number of carbonyl (C=O) groups is 1.